The van der Waals surface area contributed by atoms with Crippen LogP contribution < -0.4 is 0 Å². The van der Waals surface area contributed by atoms with E-state index in [-0.39, 0.29) is 0 Å². The number of hydrogen-bond acceptors (Lipinski definition) is 3. The van der Waals surface area contributed by atoms with Crippen molar-refractivity contribution in [3.05, 3.63) is 29.7 Å². The Balaban J connectivity index is 2.73. The van der Waals surface area contributed by atoms with Gasteiger partial charge in [0.1, 0.15) is 5.76 Å². The van der Waals surface area contributed by atoms with Gasteiger partial charge in [0.05, 0.1) is 24.5 Å². The summed E-state index contributed by atoms with van der Waals surface area (Å²) in [5.74, 6) is 0.670. The standard InChI is InChI=1S/C9H9NO2/c1-11-7-8(6-10)5-9-3-2-4-12-9/h2-5H,7H2,1H3/b8-5-. The Morgan fingerprint density at radius 3 is 3.17 bits per heavy atom. The molecule has 3 nitrogen and oxygen atoms in total. The van der Waals surface area contributed by atoms with E-state index in [0.717, 1.165) is 0 Å². The van der Waals surface area contributed by atoms with Gasteiger partial charge in [0.15, 0.2) is 0 Å². The van der Waals surface area contributed by atoms with E-state index in [9.17, 15) is 0 Å². The van der Waals surface area contributed by atoms with Crippen molar-refractivity contribution in [2.75, 3.05) is 13.7 Å². The van der Waals surface area contributed by atoms with E-state index in [1.807, 2.05) is 6.07 Å². The quantitative estimate of drug-likeness (QED) is 0.638. The normalized spacial score (nSPS) is 11.2. The van der Waals surface area contributed by atoms with Crippen molar-refractivity contribution in [1.82, 2.24) is 0 Å². The fraction of sp³-hybridized carbons (Fsp3) is 0.222. The van der Waals surface area contributed by atoms with Gasteiger partial charge in [-0.2, -0.15) is 5.26 Å². The molecule has 62 valence electrons. The van der Waals surface area contributed by atoms with Crippen LogP contribution in [-0.2, 0) is 4.74 Å². The lowest BCUT2D eigenvalue weighted by Crippen LogP contribution is -1.90. The SMILES string of the molecule is COC/C(C#N)=C\c1ccco1. The molecule has 12 heavy (non-hydrogen) atoms. The van der Waals surface area contributed by atoms with Gasteiger partial charge in [-0.1, -0.05) is 0 Å². The first-order valence-corrected chi connectivity index (χ1v) is 3.50. The molecule has 1 aromatic rings. The molecule has 3 heteroatoms. The Morgan fingerprint density at radius 2 is 2.67 bits per heavy atom. The van der Waals surface area contributed by atoms with E-state index in [4.69, 9.17) is 14.4 Å². The summed E-state index contributed by atoms with van der Waals surface area (Å²) >= 11 is 0. The maximum atomic E-state index is 8.62. The third kappa shape index (κ3) is 2.26. The molecule has 0 spiro atoms. The van der Waals surface area contributed by atoms with E-state index in [1.54, 1.807) is 31.6 Å². The van der Waals surface area contributed by atoms with Gasteiger partial charge in [-0.15, -0.1) is 0 Å². The molecule has 0 bridgehead atoms. The number of ether oxygens (including phenoxy) is 1. The average Bonchev–Trinajstić information content (AvgIpc) is 2.56. The van der Waals surface area contributed by atoms with E-state index in [1.165, 1.54) is 0 Å². The lowest BCUT2D eigenvalue weighted by Gasteiger charge is -1.93. The summed E-state index contributed by atoms with van der Waals surface area (Å²) in [5, 5.41) is 8.62. The minimum Gasteiger partial charge on any atom is -0.465 e. The highest BCUT2D eigenvalue weighted by molar-refractivity contribution is 5.52. The van der Waals surface area contributed by atoms with Gasteiger partial charge in [0.25, 0.3) is 0 Å². The number of nitriles is 1. The molecule has 0 unspecified atom stereocenters. The zero-order chi connectivity index (χ0) is 8.81. The van der Waals surface area contributed by atoms with E-state index < -0.39 is 0 Å². The van der Waals surface area contributed by atoms with Crippen LogP contribution in [0.25, 0.3) is 6.08 Å². The zero-order valence-electron chi connectivity index (χ0n) is 6.78. The predicted octanol–water partition coefficient (Wildman–Crippen LogP) is 1.83. The minimum atomic E-state index is 0.317. The molecule has 0 saturated carbocycles. The largest absolute Gasteiger partial charge is 0.465 e. The van der Waals surface area contributed by atoms with Crippen LogP contribution in [0.4, 0.5) is 0 Å². The monoisotopic (exact) mass is 163 g/mol. The summed E-state index contributed by atoms with van der Waals surface area (Å²) in [4.78, 5) is 0. The van der Waals surface area contributed by atoms with E-state index >= 15 is 0 Å². The van der Waals surface area contributed by atoms with Crippen LogP contribution in [0, 0.1) is 11.3 Å². The zero-order valence-corrected chi connectivity index (χ0v) is 6.78. The van der Waals surface area contributed by atoms with Crippen molar-refractivity contribution in [3.8, 4) is 6.07 Å². The fourth-order valence-corrected chi connectivity index (χ4v) is 0.807. The van der Waals surface area contributed by atoms with Crippen LogP contribution in [0.3, 0.4) is 0 Å². The van der Waals surface area contributed by atoms with Gasteiger partial charge in [-0.25, -0.2) is 0 Å². The van der Waals surface area contributed by atoms with E-state index in [2.05, 4.69) is 0 Å². The molecule has 1 aromatic heterocycles. The highest BCUT2D eigenvalue weighted by atomic mass is 16.5. The Kier molecular flexibility index (Phi) is 3.12. The first-order chi connectivity index (χ1) is 5.86. The first-order valence-electron chi connectivity index (χ1n) is 3.50. The lowest BCUT2D eigenvalue weighted by molar-refractivity contribution is 0.229. The van der Waals surface area contributed by atoms with Gasteiger partial charge in [0, 0.05) is 7.11 Å². The van der Waals surface area contributed by atoms with Gasteiger partial charge in [-0.05, 0) is 18.2 Å². The fourth-order valence-electron chi connectivity index (χ4n) is 0.807. The predicted molar refractivity (Wildman–Crippen MR) is 44.2 cm³/mol. The number of methoxy groups -OCH3 is 1. The van der Waals surface area contributed by atoms with Crippen molar-refractivity contribution in [3.63, 3.8) is 0 Å². The summed E-state index contributed by atoms with van der Waals surface area (Å²) in [6.07, 6.45) is 3.22. The van der Waals surface area contributed by atoms with Gasteiger partial charge in [0.2, 0.25) is 0 Å². The number of hydrogen-bond donors (Lipinski definition) is 0. The second kappa shape index (κ2) is 4.37. The number of nitrogens with zero attached hydrogens (tertiary/aromatic N) is 1. The lowest BCUT2D eigenvalue weighted by atomic mass is 10.2. The molecule has 0 saturated heterocycles. The summed E-state index contributed by atoms with van der Waals surface area (Å²) < 4.78 is 9.84. The molecular formula is C9H9NO2. The average molecular weight is 163 g/mol. The van der Waals surface area contributed by atoms with Gasteiger partial charge < -0.3 is 9.15 Å². The molecule has 0 aliphatic heterocycles. The summed E-state index contributed by atoms with van der Waals surface area (Å²) in [7, 11) is 1.55. The summed E-state index contributed by atoms with van der Waals surface area (Å²) in [6, 6.07) is 5.57. The second-order valence-corrected chi connectivity index (χ2v) is 2.23. The maximum Gasteiger partial charge on any atom is 0.127 e. The third-order valence-electron chi connectivity index (χ3n) is 1.30. The molecule has 0 N–H and O–H groups in total. The molecular weight excluding hydrogens is 154 g/mol. The maximum absolute atomic E-state index is 8.62. The topological polar surface area (TPSA) is 46.2 Å². The van der Waals surface area contributed by atoms with Crippen LogP contribution in [0.2, 0.25) is 0 Å². The number of rotatable bonds is 3. The Morgan fingerprint density at radius 1 is 1.83 bits per heavy atom. The second-order valence-electron chi connectivity index (χ2n) is 2.23. The van der Waals surface area contributed by atoms with Crippen molar-refractivity contribution in [2.45, 2.75) is 0 Å². The summed E-state index contributed by atoms with van der Waals surface area (Å²) in [5.41, 5.74) is 0.549. The van der Waals surface area contributed by atoms with Crippen molar-refractivity contribution in [1.29, 1.82) is 5.26 Å². The first kappa shape index (κ1) is 8.57. The molecule has 1 rings (SSSR count). The number of furan rings is 1. The Hall–Kier alpha value is -1.53. The van der Waals surface area contributed by atoms with Crippen LogP contribution in [-0.4, -0.2) is 13.7 Å². The molecule has 0 fully saturated rings. The van der Waals surface area contributed by atoms with Crippen molar-refractivity contribution >= 4 is 6.08 Å². The molecule has 0 aliphatic rings. The minimum absolute atomic E-state index is 0.317. The summed E-state index contributed by atoms with van der Waals surface area (Å²) in [6.45, 7) is 0.317. The van der Waals surface area contributed by atoms with Crippen molar-refractivity contribution in [2.24, 2.45) is 0 Å². The van der Waals surface area contributed by atoms with Crippen molar-refractivity contribution < 1.29 is 9.15 Å². The molecule has 1 heterocycles. The smallest absolute Gasteiger partial charge is 0.127 e. The Labute approximate surface area is 70.9 Å². The van der Waals surface area contributed by atoms with Gasteiger partial charge >= 0.3 is 0 Å². The van der Waals surface area contributed by atoms with Crippen LogP contribution in [0.5, 0.6) is 0 Å². The molecule has 0 atom stereocenters. The Bertz CT molecular complexity index is 293. The molecule has 0 radical (unpaired) electrons. The third-order valence-corrected chi connectivity index (χ3v) is 1.30. The van der Waals surface area contributed by atoms with Crippen LogP contribution in [0.1, 0.15) is 5.76 Å². The van der Waals surface area contributed by atoms with Crippen LogP contribution in [0.15, 0.2) is 28.4 Å². The molecule has 0 amide bonds. The van der Waals surface area contributed by atoms with Crippen LogP contribution >= 0.6 is 0 Å². The highest BCUT2D eigenvalue weighted by Crippen LogP contribution is 2.06. The molecule has 0 aliphatic carbocycles. The molecule has 0 aromatic carbocycles. The van der Waals surface area contributed by atoms with E-state index in [0.29, 0.717) is 17.9 Å². The van der Waals surface area contributed by atoms with Gasteiger partial charge in [-0.3, -0.25) is 0 Å². The highest BCUT2D eigenvalue weighted by Gasteiger charge is 1.96.